The summed E-state index contributed by atoms with van der Waals surface area (Å²) in [5, 5.41) is -1.76. The Bertz CT molecular complexity index is 495. The highest BCUT2D eigenvalue weighted by molar-refractivity contribution is 7.37. The van der Waals surface area contributed by atoms with E-state index in [4.69, 9.17) is 22.9 Å². The molecule has 2 aromatic rings. The molecule has 1 aliphatic rings. The van der Waals surface area contributed by atoms with E-state index in [0.717, 1.165) is 11.4 Å². The summed E-state index contributed by atoms with van der Waals surface area (Å²) in [7, 11) is 0. The van der Waals surface area contributed by atoms with Crippen molar-refractivity contribution in [3.05, 3.63) is 48.8 Å². The number of fused-ring (bicyclic) bond motifs is 3. The van der Waals surface area contributed by atoms with E-state index in [9.17, 15) is 0 Å². The van der Waals surface area contributed by atoms with E-state index in [-0.39, 0.29) is 0 Å². The molecule has 5 heteroatoms. The summed E-state index contributed by atoms with van der Waals surface area (Å²) in [4.78, 5) is 0. The first kappa shape index (κ1) is 9.19. The highest BCUT2D eigenvalue weighted by atomic mass is 35.5. The largest absolute Gasteiger partial charge is 0.725 e. The topological polar surface area (TPSA) is 7.76 Å². The van der Waals surface area contributed by atoms with E-state index >= 15 is 0 Å². The normalized spacial score (nSPS) is 15.9. The highest BCUT2D eigenvalue weighted by Crippen LogP contribution is 2.22. The van der Waals surface area contributed by atoms with Crippen LogP contribution in [0.3, 0.4) is 0 Å². The van der Waals surface area contributed by atoms with Gasteiger partial charge in [0.05, 0.1) is 0 Å². The van der Waals surface area contributed by atoms with E-state index in [2.05, 4.69) is 0 Å². The van der Waals surface area contributed by atoms with Gasteiger partial charge in [-0.15, -0.1) is 0 Å². The van der Waals surface area contributed by atoms with Crippen LogP contribution in [0.4, 0.5) is 0 Å². The van der Waals surface area contributed by atoms with Gasteiger partial charge in [-0.3, -0.25) is 0 Å². The SMILES string of the molecule is Cl[B-]1(Cl)[n+]2ccccc2-c2cccc[n+]21. The predicted octanol–water partition coefficient (Wildman–Crippen LogP) is 1.55. The summed E-state index contributed by atoms with van der Waals surface area (Å²) in [6.45, 7) is 0. The van der Waals surface area contributed by atoms with Gasteiger partial charge in [0.15, 0.2) is 0 Å². The maximum Gasteiger partial charge on any atom is 0.725 e. The van der Waals surface area contributed by atoms with E-state index in [1.165, 1.54) is 0 Å². The Morgan fingerprint density at radius 3 is 1.73 bits per heavy atom. The minimum Gasteiger partial charge on any atom is -0.317 e. The standard InChI is InChI=1S/C10H8BCl2N2/c12-11(13)14-7-3-1-5-9(14)10-6-2-4-8-15(10)11/h1-8H/q+1. The van der Waals surface area contributed by atoms with Crippen molar-refractivity contribution in [2.45, 2.75) is 0 Å². The lowest BCUT2D eigenvalue weighted by atomic mass is 10.1. The summed E-state index contributed by atoms with van der Waals surface area (Å²) in [5.41, 5.74) is 2.09. The number of nitrogens with zero attached hydrogens (tertiary/aromatic N) is 2. The third kappa shape index (κ3) is 1.14. The smallest absolute Gasteiger partial charge is 0.317 e. The van der Waals surface area contributed by atoms with Gasteiger partial charge in [-0.25, -0.2) is 0 Å². The van der Waals surface area contributed by atoms with Crippen LogP contribution in [-0.2, 0) is 0 Å². The van der Waals surface area contributed by atoms with Crippen LogP contribution in [0.25, 0.3) is 11.4 Å². The first-order chi connectivity index (χ1) is 7.21. The molecule has 0 amide bonds. The van der Waals surface area contributed by atoms with Crippen molar-refractivity contribution in [3.8, 4) is 11.4 Å². The third-order valence-electron chi connectivity index (χ3n) is 2.71. The molecule has 0 unspecified atom stereocenters. The Morgan fingerprint density at radius 1 is 0.800 bits per heavy atom. The van der Waals surface area contributed by atoms with Gasteiger partial charge in [-0.2, -0.15) is 22.9 Å². The molecule has 0 saturated carbocycles. The Kier molecular flexibility index (Phi) is 1.82. The Labute approximate surface area is 97.5 Å². The maximum absolute atomic E-state index is 6.38. The van der Waals surface area contributed by atoms with Crippen molar-refractivity contribution >= 4 is 28.2 Å². The second-order valence-corrected chi connectivity index (χ2v) is 5.02. The molecule has 74 valence electrons. The van der Waals surface area contributed by atoms with Crippen LogP contribution in [0.2, 0.25) is 0 Å². The minimum atomic E-state index is -1.76. The molecule has 0 fully saturated rings. The molecule has 0 spiro atoms. The summed E-state index contributed by atoms with van der Waals surface area (Å²) < 4.78 is 3.80. The molecular weight excluding hydrogens is 230 g/mol. The lowest BCUT2D eigenvalue weighted by Gasteiger charge is -2.08. The molecule has 0 N–H and O–H groups in total. The van der Waals surface area contributed by atoms with Crippen molar-refractivity contribution in [3.63, 3.8) is 0 Å². The van der Waals surface area contributed by atoms with Crippen LogP contribution in [0, 0.1) is 0 Å². The van der Waals surface area contributed by atoms with Crippen LogP contribution in [0.1, 0.15) is 0 Å². The van der Waals surface area contributed by atoms with Gasteiger partial charge in [0.1, 0.15) is 12.4 Å². The van der Waals surface area contributed by atoms with Crippen molar-refractivity contribution < 1.29 is 8.96 Å². The quantitative estimate of drug-likeness (QED) is 0.615. The summed E-state index contributed by atoms with van der Waals surface area (Å²) in [6.07, 6.45) is 3.81. The van der Waals surface area contributed by atoms with Gasteiger partial charge < -0.3 is 8.96 Å². The number of pyridine rings is 2. The fourth-order valence-corrected chi connectivity index (χ4v) is 2.70. The number of hydrogen-bond acceptors (Lipinski definition) is 0. The molecule has 0 radical (unpaired) electrons. The van der Waals surface area contributed by atoms with E-state index in [1.807, 2.05) is 57.7 Å². The third-order valence-corrected chi connectivity index (χ3v) is 3.55. The maximum atomic E-state index is 6.38. The Morgan fingerprint density at radius 2 is 1.27 bits per heavy atom. The molecule has 3 rings (SSSR count). The van der Waals surface area contributed by atoms with Crippen molar-refractivity contribution in [2.75, 3.05) is 0 Å². The second-order valence-electron chi connectivity index (χ2n) is 3.57. The van der Waals surface area contributed by atoms with Gasteiger partial charge in [0.25, 0.3) is 0 Å². The average Bonchev–Trinajstić information content (AvgIpc) is 2.51. The molecule has 0 aromatic carbocycles. The van der Waals surface area contributed by atoms with E-state index in [1.54, 1.807) is 0 Å². The van der Waals surface area contributed by atoms with Crippen LogP contribution in [0.5, 0.6) is 0 Å². The van der Waals surface area contributed by atoms with Gasteiger partial charge in [0.2, 0.25) is 11.4 Å². The first-order valence-corrected chi connectivity index (χ1v) is 5.62. The zero-order valence-electron chi connectivity index (χ0n) is 7.85. The molecule has 1 aliphatic heterocycles. The van der Waals surface area contributed by atoms with Crippen molar-refractivity contribution in [2.24, 2.45) is 0 Å². The molecule has 3 heterocycles. The minimum absolute atomic E-state index is 1.04. The second kappa shape index (κ2) is 2.97. The van der Waals surface area contributed by atoms with E-state index < -0.39 is 5.25 Å². The Balaban J connectivity index is 2.42. The van der Waals surface area contributed by atoms with Crippen LogP contribution in [0.15, 0.2) is 48.8 Å². The van der Waals surface area contributed by atoms with E-state index in [0.29, 0.717) is 0 Å². The highest BCUT2D eigenvalue weighted by Gasteiger charge is 2.54. The first-order valence-electron chi connectivity index (χ1n) is 4.74. The Hall–Kier alpha value is -1.06. The molecule has 2 nitrogen and oxygen atoms in total. The predicted molar refractivity (Wildman–Crippen MR) is 60.5 cm³/mol. The summed E-state index contributed by atoms with van der Waals surface area (Å²) in [6, 6.07) is 11.8. The monoisotopic (exact) mass is 237 g/mol. The molecular formula is C10H8BCl2N2+. The van der Waals surface area contributed by atoms with Gasteiger partial charge >= 0.3 is 5.25 Å². The number of aromatic nitrogens is 2. The van der Waals surface area contributed by atoms with Crippen LogP contribution in [-0.4, -0.2) is 5.25 Å². The fourth-order valence-electron chi connectivity index (χ4n) is 2.02. The zero-order valence-corrected chi connectivity index (χ0v) is 9.36. The fraction of sp³-hybridized carbons (Fsp3) is 0. The van der Waals surface area contributed by atoms with Crippen molar-refractivity contribution in [1.82, 2.24) is 0 Å². The molecule has 0 bridgehead atoms. The molecule has 15 heavy (non-hydrogen) atoms. The van der Waals surface area contributed by atoms with Gasteiger partial charge in [-0.05, 0) is 24.3 Å². The number of hydrogen-bond donors (Lipinski definition) is 0. The lowest BCUT2D eigenvalue weighted by molar-refractivity contribution is -0.629. The molecule has 0 atom stereocenters. The summed E-state index contributed by atoms with van der Waals surface area (Å²) in [5.74, 6) is 0. The zero-order chi connectivity index (χ0) is 10.5. The summed E-state index contributed by atoms with van der Waals surface area (Å²) >= 11 is 12.8. The average molecular weight is 238 g/mol. The lowest BCUT2D eigenvalue weighted by Crippen LogP contribution is -2.71. The number of halogens is 2. The van der Waals surface area contributed by atoms with Gasteiger partial charge in [-0.1, -0.05) is 0 Å². The number of rotatable bonds is 0. The molecule has 0 aliphatic carbocycles. The van der Waals surface area contributed by atoms with Crippen LogP contribution < -0.4 is 8.96 Å². The molecule has 2 aromatic heterocycles. The van der Waals surface area contributed by atoms with Gasteiger partial charge in [0, 0.05) is 12.1 Å². The van der Waals surface area contributed by atoms with Crippen LogP contribution >= 0.6 is 22.9 Å². The molecule has 0 saturated heterocycles. The van der Waals surface area contributed by atoms with Crippen molar-refractivity contribution in [1.29, 1.82) is 0 Å².